The lowest BCUT2D eigenvalue weighted by molar-refractivity contribution is -0.161. The lowest BCUT2D eigenvalue weighted by Crippen LogP contribution is -2.30. The van der Waals surface area contributed by atoms with Crippen molar-refractivity contribution in [2.75, 3.05) is 39.6 Å². The third-order valence-electron chi connectivity index (χ3n) is 17.7. The normalized spacial score (nSPS) is 14.0. The predicted octanol–water partition coefficient (Wildman–Crippen LogP) is 22.3. The first kappa shape index (κ1) is 93.1. The van der Waals surface area contributed by atoms with Crippen molar-refractivity contribution in [1.82, 2.24) is 0 Å². The van der Waals surface area contributed by atoms with Crippen LogP contribution in [-0.2, 0) is 65.4 Å². The summed E-state index contributed by atoms with van der Waals surface area (Å²) in [7, 11) is -9.90. The molecule has 0 aromatic carbocycles. The average Bonchev–Trinajstić information content (AvgIpc) is 2.12. The summed E-state index contributed by atoms with van der Waals surface area (Å²) in [6.45, 7) is 9.62. The largest absolute Gasteiger partial charge is 0.472 e. The van der Waals surface area contributed by atoms with Crippen LogP contribution in [0, 0.1) is 11.8 Å². The minimum absolute atomic E-state index is 0.106. The number of phosphoric ester groups is 2. The highest BCUT2D eigenvalue weighted by Gasteiger charge is 2.30. The SMILES string of the molecule is CCCCCCCCCCCC(=O)OC[C@H](COP(=O)(O)OC[C@H](O)COP(=O)(O)OC[C@@H](COC(=O)CCCCCCCCCCCCCCCCCC(C)C)OC(=O)CCCCCCCCCCCCCCCCCCC(C)C)OC(=O)CCCCCCCCCCC. The van der Waals surface area contributed by atoms with Gasteiger partial charge in [-0.15, -0.1) is 0 Å². The first-order valence-corrected chi connectivity index (χ1v) is 42.5. The van der Waals surface area contributed by atoms with E-state index in [1.54, 1.807) is 0 Å². The van der Waals surface area contributed by atoms with Gasteiger partial charge in [-0.05, 0) is 37.5 Å². The number of rotatable bonds is 75. The van der Waals surface area contributed by atoms with Crippen molar-refractivity contribution in [2.45, 2.75) is 413 Å². The summed E-state index contributed by atoms with van der Waals surface area (Å²) in [6, 6.07) is 0. The molecule has 19 heteroatoms. The number of esters is 4. The molecule has 3 N–H and O–H groups in total. The smallest absolute Gasteiger partial charge is 0.462 e. The molecule has 17 nitrogen and oxygen atoms in total. The van der Waals surface area contributed by atoms with E-state index < -0.39 is 97.5 Å². The van der Waals surface area contributed by atoms with E-state index >= 15 is 0 Å². The summed E-state index contributed by atoms with van der Waals surface area (Å²) in [5.41, 5.74) is 0. The van der Waals surface area contributed by atoms with Crippen LogP contribution in [0.4, 0.5) is 0 Å². The molecule has 0 heterocycles. The summed E-state index contributed by atoms with van der Waals surface area (Å²) in [4.78, 5) is 72.7. The van der Waals surface area contributed by atoms with Crippen molar-refractivity contribution >= 4 is 39.5 Å². The highest BCUT2D eigenvalue weighted by atomic mass is 31.2. The second-order valence-electron chi connectivity index (χ2n) is 28.3. The van der Waals surface area contributed by atoms with E-state index in [1.165, 1.54) is 212 Å². The van der Waals surface area contributed by atoms with E-state index in [0.29, 0.717) is 25.7 Å². The van der Waals surface area contributed by atoms with Gasteiger partial charge in [0.25, 0.3) is 0 Å². The van der Waals surface area contributed by atoms with Crippen molar-refractivity contribution in [1.29, 1.82) is 0 Å². The molecule has 0 aromatic rings. The third kappa shape index (κ3) is 70.3. The quantitative estimate of drug-likeness (QED) is 0.0222. The van der Waals surface area contributed by atoms with Gasteiger partial charge in [-0.3, -0.25) is 37.3 Å². The fraction of sp³-hybridized carbons (Fsp3) is 0.947. The Morgan fingerprint density at radius 3 is 0.716 bits per heavy atom. The van der Waals surface area contributed by atoms with Gasteiger partial charge in [0.15, 0.2) is 12.2 Å². The zero-order valence-corrected chi connectivity index (χ0v) is 63.8. The highest BCUT2D eigenvalue weighted by Crippen LogP contribution is 2.45. The van der Waals surface area contributed by atoms with Gasteiger partial charge in [-0.25, -0.2) is 9.13 Å². The lowest BCUT2D eigenvalue weighted by atomic mass is 10.0. The van der Waals surface area contributed by atoms with Crippen molar-refractivity contribution in [3.8, 4) is 0 Å². The molecule has 0 amide bonds. The maximum Gasteiger partial charge on any atom is 0.472 e. The Kier molecular flexibility index (Phi) is 66.5. The molecule has 0 rings (SSSR count). The number of phosphoric acid groups is 2. The number of aliphatic hydroxyl groups is 1. The number of unbranched alkanes of at least 4 members (excludes halogenated alkanes) is 45. The summed E-state index contributed by atoms with van der Waals surface area (Å²) < 4.78 is 68.4. The van der Waals surface area contributed by atoms with Crippen molar-refractivity contribution in [3.05, 3.63) is 0 Å². The molecule has 0 saturated carbocycles. The Labute approximate surface area is 581 Å². The second kappa shape index (κ2) is 67.9. The van der Waals surface area contributed by atoms with Gasteiger partial charge in [-0.2, -0.15) is 0 Å². The third-order valence-corrected chi connectivity index (χ3v) is 19.6. The zero-order valence-electron chi connectivity index (χ0n) is 62.0. The minimum atomic E-state index is -4.96. The number of carbonyl (C=O) groups excluding carboxylic acids is 4. The van der Waals surface area contributed by atoms with Crippen LogP contribution in [0.15, 0.2) is 0 Å². The van der Waals surface area contributed by atoms with E-state index in [-0.39, 0.29) is 25.7 Å². The maximum atomic E-state index is 13.1. The molecule has 564 valence electrons. The van der Waals surface area contributed by atoms with Crippen LogP contribution < -0.4 is 0 Å². The van der Waals surface area contributed by atoms with E-state index in [2.05, 4.69) is 41.5 Å². The number of carbonyl (C=O) groups is 4. The Morgan fingerprint density at radius 1 is 0.284 bits per heavy atom. The van der Waals surface area contributed by atoms with Gasteiger partial charge in [0.2, 0.25) is 0 Å². The average molecular weight is 1400 g/mol. The topological polar surface area (TPSA) is 237 Å². The molecule has 0 aromatic heterocycles. The van der Waals surface area contributed by atoms with Crippen molar-refractivity contribution in [2.24, 2.45) is 11.8 Å². The van der Waals surface area contributed by atoms with Gasteiger partial charge >= 0.3 is 39.5 Å². The van der Waals surface area contributed by atoms with Crippen LogP contribution in [0.2, 0.25) is 0 Å². The lowest BCUT2D eigenvalue weighted by Gasteiger charge is -2.21. The Balaban J connectivity index is 5.18. The Hall–Kier alpha value is -1.94. The van der Waals surface area contributed by atoms with Crippen LogP contribution in [0.1, 0.15) is 395 Å². The summed E-state index contributed by atoms with van der Waals surface area (Å²) in [6.07, 6.45) is 55.6. The van der Waals surface area contributed by atoms with Crippen LogP contribution >= 0.6 is 15.6 Å². The highest BCUT2D eigenvalue weighted by molar-refractivity contribution is 7.47. The summed E-state index contributed by atoms with van der Waals surface area (Å²) >= 11 is 0. The molecular weight excluding hydrogens is 1250 g/mol. The molecule has 0 saturated heterocycles. The second-order valence-corrected chi connectivity index (χ2v) is 31.3. The fourth-order valence-electron chi connectivity index (χ4n) is 11.7. The number of aliphatic hydroxyl groups excluding tert-OH is 1. The monoisotopic (exact) mass is 1400 g/mol. The van der Waals surface area contributed by atoms with Crippen molar-refractivity contribution in [3.63, 3.8) is 0 Å². The Bertz CT molecular complexity index is 1840. The summed E-state index contributed by atoms with van der Waals surface area (Å²) in [5, 5.41) is 10.6. The fourth-order valence-corrected chi connectivity index (χ4v) is 13.2. The molecule has 5 atom stereocenters. The molecule has 0 spiro atoms. The molecule has 0 bridgehead atoms. The van der Waals surface area contributed by atoms with E-state index in [1.807, 2.05) is 0 Å². The van der Waals surface area contributed by atoms with Gasteiger partial charge < -0.3 is 33.8 Å². The number of hydrogen-bond acceptors (Lipinski definition) is 15. The molecule has 0 radical (unpaired) electrons. The van der Waals surface area contributed by atoms with Gasteiger partial charge in [0, 0.05) is 25.7 Å². The molecule has 0 aliphatic rings. The standard InChI is InChI=1S/C76H148O17P2/c1-7-9-11-13-15-32-40-46-52-58-73(78)86-64-71(92-75(80)60-54-48-42-33-16-14-12-10-8-2)66-90-94(82,83)88-62-70(77)63-89-95(84,85)91-67-72(65-87-74(79)59-53-47-41-36-30-26-23-19-21-25-29-35-39-45-51-57-69(5)6)93-76(81)61-55-49-43-37-31-27-22-18-17-20-24-28-34-38-44-50-56-68(3)4/h68-72,77H,7-67H2,1-6H3,(H,82,83)(H,84,85)/t70-,71+,72+/m0/s1. The summed E-state index contributed by atoms with van der Waals surface area (Å²) in [5.74, 6) is -0.502. The molecule has 2 unspecified atom stereocenters. The van der Waals surface area contributed by atoms with E-state index in [0.717, 1.165) is 102 Å². The van der Waals surface area contributed by atoms with Crippen molar-refractivity contribution < 1.29 is 80.2 Å². The van der Waals surface area contributed by atoms with Crippen LogP contribution in [-0.4, -0.2) is 96.7 Å². The zero-order chi connectivity index (χ0) is 70.0. The first-order chi connectivity index (χ1) is 45.9. The Morgan fingerprint density at radius 2 is 0.484 bits per heavy atom. The molecule has 0 aliphatic heterocycles. The minimum Gasteiger partial charge on any atom is -0.462 e. The van der Waals surface area contributed by atoms with E-state index in [9.17, 15) is 43.2 Å². The molecular formula is C76H148O17P2. The van der Waals surface area contributed by atoms with Gasteiger partial charge in [-0.1, -0.05) is 343 Å². The number of hydrogen-bond donors (Lipinski definition) is 3. The van der Waals surface area contributed by atoms with Crippen LogP contribution in [0.25, 0.3) is 0 Å². The van der Waals surface area contributed by atoms with Gasteiger partial charge in [0.1, 0.15) is 19.3 Å². The maximum absolute atomic E-state index is 13.1. The van der Waals surface area contributed by atoms with Crippen LogP contribution in [0.3, 0.4) is 0 Å². The predicted molar refractivity (Wildman–Crippen MR) is 386 cm³/mol. The molecule has 95 heavy (non-hydrogen) atoms. The van der Waals surface area contributed by atoms with Crippen LogP contribution in [0.5, 0.6) is 0 Å². The molecule has 0 fully saturated rings. The first-order valence-electron chi connectivity index (χ1n) is 39.5. The number of ether oxygens (including phenoxy) is 4. The van der Waals surface area contributed by atoms with Gasteiger partial charge in [0.05, 0.1) is 26.4 Å². The molecule has 0 aliphatic carbocycles. The van der Waals surface area contributed by atoms with E-state index in [4.69, 9.17) is 37.0 Å².